The fraction of sp³-hybridized carbons (Fsp3) is 0.462. The van der Waals surface area contributed by atoms with Crippen LogP contribution < -0.4 is 21.3 Å². The monoisotopic (exact) mass is 284 g/mol. The molecule has 0 unspecified atom stereocenters. The van der Waals surface area contributed by atoms with Crippen molar-refractivity contribution in [3.8, 4) is 5.75 Å². The lowest BCUT2D eigenvalue weighted by molar-refractivity contribution is 0.197. The second-order valence-electron chi connectivity index (χ2n) is 3.92. The molecule has 0 bridgehead atoms. The van der Waals surface area contributed by atoms with Crippen LogP contribution in [-0.4, -0.2) is 32.8 Å². The van der Waals surface area contributed by atoms with Crippen molar-refractivity contribution in [1.82, 2.24) is 5.43 Å². The summed E-state index contributed by atoms with van der Waals surface area (Å²) in [5, 5.41) is 2.89. The van der Waals surface area contributed by atoms with E-state index in [2.05, 4.69) is 15.7 Å². The topological polar surface area (TPSA) is 80.9 Å². The van der Waals surface area contributed by atoms with E-state index < -0.39 is 5.82 Å². The van der Waals surface area contributed by atoms with E-state index in [0.717, 1.165) is 6.42 Å². The zero-order valence-electron chi connectivity index (χ0n) is 11.8. The molecule has 0 aromatic heterocycles. The highest BCUT2D eigenvalue weighted by Crippen LogP contribution is 2.20. The predicted molar refractivity (Wildman–Crippen MR) is 77.3 cm³/mol. The van der Waals surface area contributed by atoms with Gasteiger partial charge >= 0.3 is 0 Å². The van der Waals surface area contributed by atoms with Gasteiger partial charge in [-0.1, -0.05) is 0 Å². The Balaban J connectivity index is 2.63. The van der Waals surface area contributed by atoms with Crippen molar-refractivity contribution in [3.05, 3.63) is 24.0 Å². The number of benzene rings is 1. The van der Waals surface area contributed by atoms with Crippen LogP contribution in [0.5, 0.6) is 5.75 Å². The van der Waals surface area contributed by atoms with Crippen molar-refractivity contribution in [2.45, 2.75) is 13.3 Å². The summed E-state index contributed by atoms with van der Waals surface area (Å²) in [4.78, 5) is 4.20. The Morgan fingerprint density at radius 1 is 1.45 bits per heavy atom. The third kappa shape index (κ3) is 5.41. The van der Waals surface area contributed by atoms with E-state index in [0.29, 0.717) is 31.4 Å². The van der Waals surface area contributed by atoms with E-state index in [1.165, 1.54) is 6.07 Å². The summed E-state index contributed by atoms with van der Waals surface area (Å²) in [6.07, 6.45) is 0.779. The predicted octanol–water partition coefficient (Wildman–Crippen LogP) is 1.49. The molecule has 1 aromatic rings. The van der Waals surface area contributed by atoms with E-state index in [1.54, 1.807) is 26.2 Å². The van der Waals surface area contributed by atoms with Gasteiger partial charge in [0.15, 0.2) is 11.6 Å². The van der Waals surface area contributed by atoms with Gasteiger partial charge in [-0.15, -0.1) is 0 Å². The summed E-state index contributed by atoms with van der Waals surface area (Å²) >= 11 is 0. The standard InChI is InChI=1S/C13H21FN4O2/c1-3-20-12-6-5-10(9-11(12)14)17-13(18-15)16-7-4-8-19-2/h5-6,9H,3-4,7-8,15H2,1-2H3,(H2,16,17,18). The lowest BCUT2D eigenvalue weighted by Gasteiger charge is -2.11. The molecule has 0 aliphatic rings. The Kier molecular flexibility index (Phi) is 7.38. The highest BCUT2D eigenvalue weighted by molar-refractivity contribution is 5.93. The molecule has 0 aliphatic heterocycles. The number of halogens is 1. The molecule has 0 saturated heterocycles. The van der Waals surface area contributed by atoms with Crippen LogP contribution in [0.15, 0.2) is 23.2 Å². The molecule has 0 atom stereocenters. The fourth-order valence-electron chi connectivity index (χ4n) is 1.51. The number of hydrogen-bond acceptors (Lipinski definition) is 4. The van der Waals surface area contributed by atoms with Crippen molar-refractivity contribution in [2.75, 3.05) is 32.2 Å². The molecule has 0 amide bonds. The Labute approximate surface area is 118 Å². The molecule has 6 nitrogen and oxygen atoms in total. The first-order valence-corrected chi connectivity index (χ1v) is 6.40. The van der Waals surface area contributed by atoms with Crippen molar-refractivity contribution in [3.63, 3.8) is 0 Å². The highest BCUT2D eigenvalue weighted by Gasteiger charge is 2.05. The van der Waals surface area contributed by atoms with Crippen LogP contribution in [0.1, 0.15) is 13.3 Å². The van der Waals surface area contributed by atoms with Gasteiger partial charge in [0.25, 0.3) is 0 Å². The molecule has 4 N–H and O–H groups in total. The second kappa shape index (κ2) is 9.11. The minimum atomic E-state index is -0.437. The average molecular weight is 284 g/mol. The number of aliphatic imine (C=N–C) groups is 1. The van der Waals surface area contributed by atoms with Crippen molar-refractivity contribution >= 4 is 11.6 Å². The summed E-state index contributed by atoms with van der Waals surface area (Å²) in [6, 6.07) is 4.57. The quantitative estimate of drug-likeness (QED) is 0.232. The first-order valence-electron chi connectivity index (χ1n) is 6.40. The van der Waals surface area contributed by atoms with Crippen LogP contribution in [0.4, 0.5) is 10.1 Å². The van der Waals surface area contributed by atoms with Gasteiger partial charge in [-0.25, -0.2) is 10.2 Å². The highest BCUT2D eigenvalue weighted by atomic mass is 19.1. The molecule has 0 heterocycles. The van der Waals surface area contributed by atoms with Crippen molar-refractivity contribution in [1.29, 1.82) is 0 Å². The van der Waals surface area contributed by atoms with Gasteiger partial charge in [-0.05, 0) is 25.5 Å². The number of guanidine groups is 1. The molecular formula is C13H21FN4O2. The number of methoxy groups -OCH3 is 1. The molecule has 1 rings (SSSR count). The minimum absolute atomic E-state index is 0.220. The lowest BCUT2D eigenvalue weighted by atomic mass is 10.3. The summed E-state index contributed by atoms with van der Waals surface area (Å²) < 4.78 is 23.7. The number of ether oxygens (including phenoxy) is 2. The maximum Gasteiger partial charge on any atom is 0.210 e. The van der Waals surface area contributed by atoms with E-state index in [1.807, 2.05) is 0 Å². The number of nitrogens with two attached hydrogens (primary N) is 1. The fourth-order valence-corrected chi connectivity index (χ4v) is 1.51. The van der Waals surface area contributed by atoms with Crippen LogP contribution in [0.3, 0.4) is 0 Å². The molecule has 20 heavy (non-hydrogen) atoms. The van der Waals surface area contributed by atoms with E-state index in [-0.39, 0.29) is 5.75 Å². The van der Waals surface area contributed by atoms with Crippen LogP contribution in [-0.2, 0) is 4.74 Å². The SMILES string of the molecule is CCOc1ccc(NC(=NCCCOC)NN)cc1F. The van der Waals surface area contributed by atoms with Crippen molar-refractivity contribution in [2.24, 2.45) is 10.8 Å². The zero-order chi connectivity index (χ0) is 14.8. The number of nitrogens with zero attached hydrogens (tertiary/aromatic N) is 1. The Bertz CT molecular complexity index is 440. The molecule has 0 aliphatic carbocycles. The first-order chi connectivity index (χ1) is 9.71. The van der Waals surface area contributed by atoms with Gasteiger partial charge in [-0.3, -0.25) is 10.4 Å². The number of rotatable bonds is 7. The smallest absolute Gasteiger partial charge is 0.210 e. The van der Waals surface area contributed by atoms with Crippen LogP contribution in [0.25, 0.3) is 0 Å². The third-order valence-electron chi connectivity index (χ3n) is 2.41. The van der Waals surface area contributed by atoms with E-state index in [9.17, 15) is 4.39 Å². The zero-order valence-corrected chi connectivity index (χ0v) is 11.8. The number of nitrogens with one attached hydrogen (secondary N) is 2. The largest absolute Gasteiger partial charge is 0.491 e. The Hall–Kier alpha value is -1.86. The molecule has 7 heteroatoms. The van der Waals surface area contributed by atoms with E-state index in [4.69, 9.17) is 15.3 Å². The summed E-state index contributed by atoms with van der Waals surface area (Å²) in [5.74, 6) is 5.51. The maximum absolute atomic E-state index is 13.7. The molecule has 112 valence electrons. The third-order valence-corrected chi connectivity index (χ3v) is 2.41. The summed E-state index contributed by atoms with van der Waals surface area (Å²) in [6.45, 7) is 3.40. The molecule has 0 saturated carbocycles. The Morgan fingerprint density at radius 2 is 2.25 bits per heavy atom. The molecule has 0 radical (unpaired) electrons. The maximum atomic E-state index is 13.7. The molecular weight excluding hydrogens is 263 g/mol. The van der Waals surface area contributed by atoms with Crippen molar-refractivity contribution < 1.29 is 13.9 Å². The first kappa shape index (κ1) is 16.2. The van der Waals surface area contributed by atoms with Gasteiger partial charge in [-0.2, -0.15) is 0 Å². The van der Waals surface area contributed by atoms with E-state index >= 15 is 0 Å². The number of anilines is 1. The average Bonchev–Trinajstić information content (AvgIpc) is 2.45. The second-order valence-corrected chi connectivity index (χ2v) is 3.92. The number of hydrazine groups is 1. The summed E-state index contributed by atoms with van der Waals surface area (Å²) in [5.41, 5.74) is 2.97. The summed E-state index contributed by atoms with van der Waals surface area (Å²) in [7, 11) is 1.63. The van der Waals surface area contributed by atoms with Gasteiger partial charge < -0.3 is 14.8 Å². The molecule has 0 fully saturated rings. The van der Waals surface area contributed by atoms with Crippen LogP contribution in [0, 0.1) is 5.82 Å². The lowest BCUT2D eigenvalue weighted by Crippen LogP contribution is -2.36. The number of hydrogen-bond donors (Lipinski definition) is 3. The normalized spacial score (nSPS) is 11.3. The Morgan fingerprint density at radius 3 is 2.85 bits per heavy atom. The van der Waals surface area contributed by atoms with Gasteiger partial charge in [0, 0.05) is 32.0 Å². The minimum Gasteiger partial charge on any atom is -0.491 e. The van der Waals surface area contributed by atoms with Gasteiger partial charge in [0.05, 0.1) is 6.61 Å². The molecule has 1 aromatic carbocycles. The van der Waals surface area contributed by atoms with Gasteiger partial charge in [0.1, 0.15) is 0 Å². The molecule has 0 spiro atoms. The van der Waals surface area contributed by atoms with Crippen LogP contribution in [0.2, 0.25) is 0 Å². The van der Waals surface area contributed by atoms with Crippen LogP contribution >= 0.6 is 0 Å². The van der Waals surface area contributed by atoms with Gasteiger partial charge in [0.2, 0.25) is 5.96 Å².